The van der Waals surface area contributed by atoms with Crippen LogP contribution in [0, 0.1) is 5.82 Å². The summed E-state index contributed by atoms with van der Waals surface area (Å²) in [7, 11) is 0. The zero-order valence-corrected chi connectivity index (χ0v) is 17.1. The third-order valence-electron chi connectivity index (χ3n) is 4.84. The minimum atomic E-state index is -0.681. The molecule has 0 aliphatic heterocycles. The Balaban J connectivity index is 1.31. The van der Waals surface area contributed by atoms with Crippen LogP contribution in [0.2, 0.25) is 0 Å². The average Bonchev–Trinajstić information content (AvgIpc) is 3.56. The number of amides is 2. The lowest BCUT2D eigenvalue weighted by Gasteiger charge is -2.09. The van der Waals surface area contributed by atoms with Crippen LogP contribution in [0.1, 0.15) is 34.9 Å². The fourth-order valence-electron chi connectivity index (χ4n) is 3.06. The minimum Gasteiger partial charge on any atom is -0.451 e. The second-order valence-corrected chi connectivity index (χ2v) is 7.38. The van der Waals surface area contributed by atoms with Crippen LogP contribution in [0.3, 0.4) is 0 Å². The van der Waals surface area contributed by atoms with Crippen LogP contribution < -0.4 is 10.6 Å². The molecule has 0 spiro atoms. The predicted octanol–water partition coefficient (Wildman–Crippen LogP) is 2.80. The average molecular weight is 436 g/mol. The molecule has 2 amide bonds. The van der Waals surface area contributed by atoms with Crippen molar-refractivity contribution in [3.63, 3.8) is 0 Å². The van der Waals surface area contributed by atoms with E-state index in [1.807, 2.05) is 30.3 Å². The number of rotatable bonds is 8. The predicted molar refractivity (Wildman–Crippen MR) is 114 cm³/mol. The number of carbonyl (C=O) groups is 3. The van der Waals surface area contributed by atoms with Gasteiger partial charge in [0.25, 0.3) is 5.91 Å². The summed E-state index contributed by atoms with van der Waals surface area (Å²) in [6.07, 6.45) is 2.06. The number of anilines is 1. The highest BCUT2D eigenvalue weighted by Gasteiger charge is 2.29. The Morgan fingerprint density at radius 2 is 1.75 bits per heavy atom. The van der Waals surface area contributed by atoms with E-state index in [9.17, 15) is 18.8 Å². The number of para-hydroxylation sites is 1. The van der Waals surface area contributed by atoms with Gasteiger partial charge in [0, 0.05) is 11.6 Å². The SMILES string of the molecule is O=C(COC(=O)c1cc(C2CC2)nn1-c1ccccc1)NCC(=O)Nc1ccc(F)cc1. The summed E-state index contributed by atoms with van der Waals surface area (Å²) in [5.41, 5.74) is 2.17. The molecule has 164 valence electrons. The molecular weight excluding hydrogens is 415 g/mol. The van der Waals surface area contributed by atoms with E-state index in [1.54, 1.807) is 6.07 Å². The maximum atomic E-state index is 12.9. The van der Waals surface area contributed by atoms with E-state index in [0.717, 1.165) is 18.5 Å². The normalized spacial score (nSPS) is 12.8. The van der Waals surface area contributed by atoms with Crippen LogP contribution in [-0.4, -0.2) is 40.7 Å². The molecule has 1 aliphatic rings. The molecule has 0 radical (unpaired) electrons. The van der Waals surface area contributed by atoms with E-state index in [4.69, 9.17) is 4.74 Å². The molecule has 0 unspecified atom stereocenters. The molecule has 3 aromatic rings. The van der Waals surface area contributed by atoms with Crippen molar-refractivity contribution in [3.8, 4) is 5.69 Å². The van der Waals surface area contributed by atoms with Gasteiger partial charge in [-0.05, 0) is 55.3 Å². The largest absolute Gasteiger partial charge is 0.451 e. The van der Waals surface area contributed by atoms with E-state index in [2.05, 4.69) is 15.7 Å². The molecule has 4 rings (SSSR count). The van der Waals surface area contributed by atoms with Gasteiger partial charge < -0.3 is 15.4 Å². The highest BCUT2D eigenvalue weighted by atomic mass is 19.1. The van der Waals surface area contributed by atoms with Crippen LogP contribution in [0.4, 0.5) is 10.1 Å². The summed E-state index contributed by atoms with van der Waals surface area (Å²) in [5.74, 6) is -1.88. The highest BCUT2D eigenvalue weighted by Crippen LogP contribution is 2.39. The first-order valence-electron chi connectivity index (χ1n) is 10.1. The molecule has 8 nitrogen and oxygen atoms in total. The van der Waals surface area contributed by atoms with Crippen molar-refractivity contribution < 1.29 is 23.5 Å². The van der Waals surface area contributed by atoms with Crippen molar-refractivity contribution in [3.05, 3.63) is 77.9 Å². The quantitative estimate of drug-likeness (QED) is 0.529. The Labute approximate surface area is 183 Å². The lowest BCUT2D eigenvalue weighted by atomic mass is 10.2. The number of carbonyl (C=O) groups excluding carboxylic acids is 3. The van der Waals surface area contributed by atoms with Crippen molar-refractivity contribution >= 4 is 23.5 Å². The van der Waals surface area contributed by atoms with Crippen LogP contribution in [0.15, 0.2) is 60.7 Å². The fourth-order valence-corrected chi connectivity index (χ4v) is 3.06. The summed E-state index contributed by atoms with van der Waals surface area (Å²) >= 11 is 0. The van der Waals surface area contributed by atoms with Gasteiger partial charge in [-0.3, -0.25) is 9.59 Å². The van der Waals surface area contributed by atoms with Gasteiger partial charge in [0.2, 0.25) is 5.91 Å². The van der Waals surface area contributed by atoms with Crippen LogP contribution in [0.5, 0.6) is 0 Å². The molecule has 2 N–H and O–H groups in total. The maximum Gasteiger partial charge on any atom is 0.357 e. The Morgan fingerprint density at radius 3 is 2.44 bits per heavy atom. The Hall–Kier alpha value is -4.01. The Kier molecular flexibility index (Phi) is 6.25. The zero-order chi connectivity index (χ0) is 22.5. The van der Waals surface area contributed by atoms with Gasteiger partial charge in [0.1, 0.15) is 5.82 Å². The number of hydrogen-bond donors (Lipinski definition) is 2. The summed E-state index contributed by atoms with van der Waals surface area (Å²) in [4.78, 5) is 36.5. The smallest absolute Gasteiger partial charge is 0.357 e. The first-order chi connectivity index (χ1) is 15.5. The zero-order valence-electron chi connectivity index (χ0n) is 17.1. The van der Waals surface area contributed by atoms with Crippen molar-refractivity contribution in [2.24, 2.45) is 0 Å². The molecule has 1 fully saturated rings. The second-order valence-electron chi connectivity index (χ2n) is 7.38. The van der Waals surface area contributed by atoms with E-state index >= 15 is 0 Å². The van der Waals surface area contributed by atoms with Gasteiger partial charge in [0.05, 0.1) is 17.9 Å². The van der Waals surface area contributed by atoms with Crippen LogP contribution in [0.25, 0.3) is 5.69 Å². The van der Waals surface area contributed by atoms with Gasteiger partial charge in [-0.15, -0.1) is 0 Å². The first-order valence-corrected chi connectivity index (χ1v) is 10.1. The molecule has 0 saturated heterocycles. The van der Waals surface area contributed by atoms with Crippen molar-refractivity contribution in [1.82, 2.24) is 15.1 Å². The summed E-state index contributed by atoms with van der Waals surface area (Å²) in [5, 5.41) is 9.43. The lowest BCUT2D eigenvalue weighted by molar-refractivity contribution is -0.126. The molecule has 9 heteroatoms. The van der Waals surface area contributed by atoms with Crippen molar-refractivity contribution in [2.45, 2.75) is 18.8 Å². The Morgan fingerprint density at radius 1 is 1.03 bits per heavy atom. The number of nitrogens with zero attached hydrogens (tertiary/aromatic N) is 2. The van der Waals surface area contributed by atoms with Gasteiger partial charge in [-0.1, -0.05) is 18.2 Å². The molecule has 0 atom stereocenters. The third-order valence-corrected chi connectivity index (χ3v) is 4.84. The van der Waals surface area contributed by atoms with Crippen LogP contribution >= 0.6 is 0 Å². The maximum absolute atomic E-state index is 12.9. The third kappa shape index (κ3) is 5.37. The number of benzene rings is 2. The van der Waals surface area contributed by atoms with E-state index in [0.29, 0.717) is 17.3 Å². The van der Waals surface area contributed by atoms with Gasteiger partial charge >= 0.3 is 5.97 Å². The van der Waals surface area contributed by atoms with Gasteiger partial charge in [-0.2, -0.15) is 5.10 Å². The van der Waals surface area contributed by atoms with Crippen molar-refractivity contribution in [1.29, 1.82) is 0 Å². The molecule has 32 heavy (non-hydrogen) atoms. The van der Waals surface area contributed by atoms with Gasteiger partial charge in [0.15, 0.2) is 12.3 Å². The number of aromatic nitrogens is 2. The standard InChI is InChI=1S/C23H21FN4O4/c24-16-8-10-17(11-9-16)26-21(29)13-25-22(30)14-32-23(31)20-12-19(15-6-7-15)27-28(20)18-4-2-1-3-5-18/h1-5,8-12,15H,6-7,13-14H2,(H,25,30)(H,26,29). The van der Waals surface area contributed by atoms with E-state index < -0.39 is 30.2 Å². The molecule has 1 aliphatic carbocycles. The molecule has 1 aromatic heterocycles. The van der Waals surface area contributed by atoms with E-state index in [-0.39, 0.29) is 12.2 Å². The number of esters is 1. The summed E-state index contributed by atoms with van der Waals surface area (Å²) in [6.45, 7) is -0.858. The minimum absolute atomic E-state index is 0.236. The Bertz CT molecular complexity index is 1120. The monoisotopic (exact) mass is 436 g/mol. The second kappa shape index (κ2) is 9.42. The molecule has 0 bridgehead atoms. The topological polar surface area (TPSA) is 102 Å². The molecular formula is C23H21FN4O4. The van der Waals surface area contributed by atoms with Gasteiger partial charge in [-0.25, -0.2) is 13.9 Å². The highest BCUT2D eigenvalue weighted by molar-refractivity contribution is 5.95. The lowest BCUT2D eigenvalue weighted by Crippen LogP contribution is -2.35. The number of ether oxygens (including phenoxy) is 1. The fraction of sp³-hybridized carbons (Fsp3) is 0.217. The molecule has 1 saturated carbocycles. The van der Waals surface area contributed by atoms with Crippen molar-refractivity contribution in [2.75, 3.05) is 18.5 Å². The van der Waals surface area contributed by atoms with E-state index in [1.165, 1.54) is 28.9 Å². The summed E-state index contributed by atoms with van der Waals surface area (Å²) in [6, 6.07) is 16.1. The van der Waals surface area contributed by atoms with Crippen LogP contribution in [-0.2, 0) is 14.3 Å². The number of hydrogen-bond acceptors (Lipinski definition) is 5. The molecule has 1 heterocycles. The number of halogens is 1. The number of nitrogens with one attached hydrogen (secondary N) is 2. The molecule has 2 aromatic carbocycles. The first kappa shape index (κ1) is 21.2. The summed E-state index contributed by atoms with van der Waals surface area (Å²) < 4.78 is 19.6.